The van der Waals surface area contributed by atoms with Crippen molar-refractivity contribution in [2.75, 3.05) is 24.8 Å². The number of carbonyl (C=O) groups excluding carboxylic acids is 1. The summed E-state index contributed by atoms with van der Waals surface area (Å²) in [7, 11) is 1.60. The molecule has 7 nitrogen and oxygen atoms in total. The van der Waals surface area contributed by atoms with E-state index in [2.05, 4.69) is 12.2 Å². The van der Waals surface area contributed by atoms with Gasteiger partial charge in [0.25, 0.3) is 5.56 Å². The fraction of sp³-hybridized carbons (Fsp3) is 0.296. The summed E-state index contributed by atoms with van der Waals surface area (Å²) < 4.78 is 12.3. The minimum Gasteiger partial charge on any atom is -0.497 e. The highest BCUT2D eigenvalue weighted by Crippen LogP contribution is 2.31. The van der Waals surface area contributed by atoms with Gasteiger partial charge in [-0.2, -0.15) is 0 Å². The molecular weight excluding hydrogens is 494 g/mol. The summed E-state index contributed by atoms with van der Waals surface area (Å²) in [6, 6.07) is 14.5. The van der Waals surface area contributed by atoms with Gasteiger partial charge in [-0.05, 0) is 74.4 Å². The minimum atomic E-state index is -0.186. The van der Waals surface area contributed by atoms with Crippen LogP contribution < -0.4 is 20.3 Å². The van der Waals surface area contributed by atoms with Crippen molar-refractivity contribution >= 4 is 44.9 Å². The monoisotopic (exact) mass is 523 g/mol. The number of aryl methyl sites for hydroxylation is 2. The first-order valence-corrected chi connectivity index (χ1v) is 13.6. The summed E-state index contributed by atoms with van der Waals surface area (Å²) in [5.74, 6) is 1.36. The number of hydrogen-bond acceptors (Lipinski definition) is 7. The van der Waals surface area contributed by atoms with Gasteiger partial charge >= 0.3 is 0 Å². The number of benzene rings is 2. The molecule has 1 N–H and O–H groups in total. The van der Waals surface area contributed by atoms with Gasteiger partial charge in [-0.1, -0.05) is 25.1 Å². The molecule has 0 bridgehead atoms. The van der Waals surface area contributed by atoms with Gasteiger partial charge in [0.2, 0.25) is 5.91 Å². The Kier molecular flexibility index (Phi) is 8.32. The number of aromatic nitrogens is 2. The number of nitrogens with zero attached hydrogens (tertiary/aromatic N) is 2. The summed E-state index contributed by atoms with van der Waals surface area (Å²) in [6.07, 6.45) is 1.90. The van der Waals surface area contributed by atoms with Gasteiger partial charge in [0.15, 0.2) is 5.16 Å². The second kappa shape index (κ2) is 11.6. The third kappa shape index (κ3) is 5.57. The van der Waals surface area contributed by atoms with Gasteiger partial charge in [-0.25, -0.2) is 4.98 Å². The minimum absolute atomic E-state index is 0.105. The normalized spacial score (nSPS) is 11.0. The molecule has 2 aromatic carbocycles. The van der Waals surface area contributed by atoms with Crippen LogP contribution in [0, 0.1) is 6.92 Å². The Labute approximate surface area is 218 Å². The van der Waals surface area contributed by atoms with Crippen molar-refractivity contribution in [3.05, 3.63) is 69.3 Å². The quantitative estimate of drug-likeness (QED) is 0.208. The first-order valence-electron chi connectivity index (χ1n) is 11.8. The van der Waals surface area contributed by atoms with E-state index in [-0.39, 0.29) is 17.2 Å². The summed E-state index contributed by atoms with van der Waals surface area (Å²) in [5.41, 5.74) is 2.21. The molecule has 36 heavy (non-hydrogen) atoms. The van der Waals surface area contributed by atoms with Crippen LogP contribution in [-0.4, -0.2) is 34.9 Å². The second-order valence-corrected chi connectivity index (χ2v) is 10.1. The Morgan fingerprint density at radius 3 is 2.42 bits per heavy atom. The molecule has 0 unspecified atom stereocenters. The van der Waals surface area contributed by atoms with Gasteiger partial charge in [0.1, 0.15) is 16.3 Å². The molecule has 0 saturated carbocycles. The SMILES string of the molecule is CCCc1sc2nc(SCC(=O)Nc3ccc(OCC)cc3)n(-c3ccc(OC)cc3)c(=O)c2c1C. The Hall–Kier alpha value is -3.30. The molecule has 0 radical (unpaired) electrons. The van der Waals surface area contributed by atoms with E-state index in [4.69, 9.17) is 14.5 Å². The number of methoxy groups -OCH3 is 1. The topological polar surface area (TPSA) is 82.4 Å². The van der Waals surface area contributed by atoms with Crippen LogP contribution in [0.4, 0.5) is 5.69 Å². The largest absolute Gasteiger partial charge is 0.497 e. The summed E-state index contributed by atoms with van der Waals surface area (Å²) in [4.78, 5) is 33.2. The first kappa shape index (κ1) is 25.8. The molecule has 0 aliphatic carbocycles. The van der Waals surface area contributed by atoms with Crippen LogP contribution in [0.3, 0.4) is 0 Å². The van der Waals surface area contributed by atoms with Crippen LogP contribution in [0.2, 0.25) is 0 Å². The molecule has 1 amide bonds. The summed E-state index contributed by atoms with van der Waals surface area (Å²) in [6.45, 7) is 6.62. The van der Waals surface area contributed by atoms with E-state index in [1.165, 1.54) is 16.6 Å². The third-order valence-electron chi connectivity index (χ3n) is 5.62. The fourth-order valence-electron chi connectivity index (χ4n) is 3.86. The number of ether oxygens (including phenoxy) is 2. The molecule has 4 rings (SSSR count). The lowest BCUT2D eigenvalue weighted by Crippen LogP contribution is -2.22. The molecule has 0 fully saturated rings. The average Bonchev–Trinajstić information content (AvgIpc) is 3.19. The predicted molar refractivity (Wildman–Crippen MR) is 147 cm³/mol. The van der Waals surface area contributed by atoms with E-state index >= 15 is 0 Å². The molecule has 0 aliphatic rings. The van der Waals surface area contributed by atoms with Crippen molar-refractivity contribution < 1.29 is 14.3 Å². The molecule has 0 aliphatic heterocycles. The van der Waals surface area contributed by atoms with E-state index in [9.17, 15) is 9.59 Å². The van der Waals surface area contributed by atoms with E-state index < -0.39 is 0 Å². The lowest BCUT2D eigenvalue weighted by Gasteiger charge is -2.13. The van der Waals surface area contributed by atoms with Crippen molar-refractivity contribution in [3.63, 3.8) is 0 Å². The van der Waals surface area contributed by atoms with Crippen molar-refractivity contribution in [1.29, 1.82) is 0 Å². The molecule has 4 aromatic rings. The Balaban J connectivity index is 1.65. The summed E-state index contributed by atoms with van der Waals surface area (Å²) in [5, 5.41) is 4.01. The Bertz CT molecular complexity index is 1410. The molecule has 2 heterocycles. The molecule has 188 valence electrons. The molecule has 0 saturated heterocycles. The lowest BCUT2D eigenvalue weighted by molar-refractivity contribution is -0.113. The molecule has 9 heteroatoms. The summed E-state index contributed by atoms with van der Waals surface area (Å²) >= 11 is 2.80. The number of hydrogen-bond donors (Lipinski definition) is 1. The standard InChI is InChI=1S/C27H29N3O4S2/c1-5-7-22-17(3)24-25(36-22)29-27(30(26(24)32)19-10-14-20(33-4)15-11-19)35-16-23(31)28-18-8-12-21(13-9-18)34-6-2/h8-15H,5-7,16H2,1-4H3,(H,28,31). The van der Waals surface area contributed by atoms with Gasteiger partial charge in [0.05, 0.1) is 30.5 Å². The van der Waals surface area contributed by atoms with Gasteiger partial charge in [-0.15, -0.1) is 11.3 Å². The van der Waals surface area contributed by atoms with E-state index in [0.717, 1.165) is 24.2 Å². The number of rotatable bonds is 10. The maximum atomic E-state index is 13.7. The van der Waals surface area contributed by atoms with Gasteiger partial charge < -0.3 is 14.8 Å². The van der Waals surface area contributed by atoms with Crippen molar-refractivity contribution in [2.45, 2.75) is 38.8 Å². The van der Waals surface area contributed by atoms with Crippen molar-refractivity contribution in [3.8, 4) is 17.2 Å². The number of thioether (sulfide) groups is 1. The molecular formula is C27H29N3O4S2. The number of amides is 1. The van der Waals surface area contributed by atoms with E-state index in [1.807, 2.05) is 50.2 Å². The Morgan fingerprint density at radius 2 is 1.78 bits per heavy atom. The third-order valence-corrected chi connectivity index (χ3v) is 7.81. The van der Waals surface area contributed by atoms with Crippen molar-refractivity contribution in [1.82, 2.24) is 9.55 Å². The zero-order valence-electron chi connectivity index (χ0n) is 20.8. The van der Waals surface area contributed by atoms with Crippen LogP contribution >= 0.6 is 23.1 Å². The first-order chi connectivity index (χ1) is 17.4. The van der Waals surface area contributed by atoms with Crippen LogP contribution in [0.25, 0.3) is 15.9 Å². The molecule has 0 spiro atoms. The van der Waals surface area contributed by atoms with Crippen molar-refractivity contribution in [2.24, 2.45) is 0 Å². The number of anilines is 1. The maximum absolute atomic E-state index is 13.7. The number of thiophene rings is 1. The smallest absolute Gasteiger partial charge is 0.267 e. The Morgan fingerprint density at radius 1 is 1.08 bits per heavy atom. The predicted octanol–water partition coefficient (Wildman–Crippen LogP) is 5.85. The van der Waals surface area contributed by atoms with Crippen LogP contribution in [0.15, 0.2) is 58.5 Å². The number of nitrogens with one attached hydrogen (secondary N) is 1. The molecule has 2 aromatic heterocycles. The van der Waals surface area contributed by atoms with Gasteiger partial charge in [0, 0.05) is 10.6 Å². The highest BCUT2D eigenvalue weighted by Gasteiger charge is 2.20. The zero-order valence-corrected chi connectivity index (χ0v) is 22.4. The van der Waals surface area contributed by atoms with E-state index in [0.29, 0.717) is 39.1 Å². The van der Waals surface area contributed by atoms with E-state index in [1.54, 1.807) is 35.1 Å². The number of carbonyl (C=O) groups is 1. The highest BCUT2D eigenvalue weighted by molar-refractivity contribution is 7.99. The second-order valence-electron chi connectivity index (χ2n) is 8.11. The number of fused-ring (bicyclic) bond motifs is 1. The highest BCUT2D eigenvalue weighted by atomic mass is 32.2. The maximum Gasteiger partial charge on any atom is 0.267 e. The average molecular weight is 524 g/mol. The van der Waals surface area contributed by atoms with Gasteiger partial charge in [-0.3, -0.25) is 14.2 Å². The fourth-order valence-corrected chi connectivity index (χ4v) is 5.99. The van der Waals surface area contributed by atoms with Crippen LogP contribution in [0.1, 0.15) is 30.7 Å². The van der Waals surface area contributed by atoms with Crippen LogP contribution in [-0.2, 0) is 11.2 Å². The lowest BCUT2D eigenvalue weighted by atomic mass is 10.1. The zero-order chi connectivity index (χ0) is 25.7. The van der Waals surface area contributed by atoms with Crippen LogP contribution in [0.5, 0.6) is 11.5 Å². The molecule has 0 atom stereocenters.